The maximum Gasteiger partial charge on any atom is 0.194 e. The standard InChI is InChI=1S/C39H29N5OS/c1-22-9-14-34-31(19-22)28-12-10-26(20-32(28)37-41-42-38(44(34)37)36-24(3)17-23(2)18-25(36)4)45-27-11-13-30-29-7-5-6-8-33(29)43(35(30)21-27)39-40-15-16-46-39/h5-21H,1-4H3. The Morgan fingerprint density at radius 3 is 2.17 bits per heavy atom. The van der Waals surface area contributed by atoms with Gasteiger partial charge in [0.1, 0.15) is 11.5 Å². The van der Waals surface area contributed by atoms with Crippen LogP contribution in [0.3, 0.4) is 0 Å². The van der Waals surface area contributed by atoms with Crippen molar-refractivity contribution in [1.29, 1.82) is 0 Å². The number of ether oxygens (including phenoxy) is 1. The Bertz CT molecular complexity index is 2640. The van der Waals surface area contributed by atoms with Gasteiger partial charge in [-0.15, -0.1) is 21.5 Å². The number of thiazole rings is 1. The topological polar surface area (TPSA) is 57.2 Å². The fraction of sp³-hybridized carbons (Fsp3) is 0.103. The molecule has 0 saturated carbocycles. The molecule has 46 heavy (non-hydrogen) atoms. The van der Waals surface area contributed by atoms with Gasteiger partial charge in [0.05, 0.1) is 16.6 Å². The maximum absolute atomic E-state index is 6.60. The van der Waals surface area contributed by atoms with Crippen LogP contribution in [0.4, 0.5) is 0 Å². The largest absolute Gasteiger partial charge is 0.457 e. The van der Waals surface area contributed by atoms with Crippen LogP contribution in [0.15, 0.2) is 103 Å². The molecule has 0 aliphatic carbocycles. The predicted octanol–water partition coefficient (Wildman–Crippen LogP) is 10.3. The molecule has 7 heteroatoms. The van der Waals surface area contributed by atoms with Gasteiger partial charge in [-0.05, 0) is 92.7 Å². The van der Waals surface area contributed by atoms with E-state index >= 15 is 0 Å². The average Bonchev–Trinajstić information content (AvgIpc) is 3.79. The molecule has 0 N–H and O–H groups in total. The summed E-state index contributed by atoms with van der Waals surface area (Å²) in [6.45, 7) is 8.58. The Morgan fingerprint density at radius 2 is 1.37 bits per heavy atom. The van der Waals surface area contributed by atoms with Crippen LogP contribution in [-0.2, 0) is 0 Å². The van der Waals surface area contributed by atoms with Crippen molar-refractivity contribution in [2.75, 3.05) is 0 Å². The molecule has 0 atom stereocenters. The molecular weight excluding hydrogens is 587 g/mol. The first-order valence-corrected chi connectivity index (χ1v) is 16.2. The van der Waals surface area contributed by atoms with E-state index in [1.165, 1.54) is 27.6 Å². The predicted molar refractivity (Wildman–Crippen MR) is 189 cm³/mol. The molecule has 0 amide bonds. The molecular formula is C39H29N5OS. The molecule has 5 aromatic carbocycles. The molecule has 0 radical (unpaired) electrons. The van der Waals surface area contributed by atoms with Crippen molar-refractivity contribution in [3.05, 3.63) is 125 Å². The van der Waals surface area contributed by atoms with E-state index in [1.54, 1.807) is 11.3 Å². The molecule has 222 valence electrons. The zero-order chi connectivity index (χ0) is 31.1. The Balaban J connectivity index is 1.24. The number of benzene rings is 5. The fourth-order valence-corrected chi connectivity index (χ4v) is 7.80. The van der Waals surface area contributed by atoms with Crippen LogP contribution in [0.5, 0.6) is 11.5 Å². The molecule has 0 fully saturated rings. The highest BCUT2D eigenvalue weighted by Crippen LogP contribution is 2.39. The molecule has 0 unspecified atom stereocenters. The summed E-state index contributed by atoms with van der Waals surface area (Å²) < 4.78 is 11.0. The van der Waals surface area contributed by atoms with Gasteiger partial charge in [-0.2, -0.15) is 0 Å². The first kappa shape index (κ1) is 26.8. The Hall–Kier alpha value is -5.53. The number of fused-ring (bicyclic) bond motifs is 9. The van der Waals surface area contributed by atoms with Crippen molar-refractivity contribution < 1.29 is 4.74 Å². The second kappa shape index (κ2) is 9.99. The third kappa shape index (κ3) is 3.98. The van der Waals surface area contributed by atoms with Crippen molar-refractivity contribution >= 4 is 60.5 Å². The minimum Gasteiger partial charge on any atom is -0.457 e. The molecule has 6 nitrogen and oxygen atoms in total. The summed E-state index contributed by atoms with van der Waals surface area (Å²) in [6, 6.07) is 32.1. The van der Waals surface area contributed by atoms with Crippen LogP contribution in [0, 0.1) is 27.7 Å². The first-order chi connectivity index (χ1) is 22.4. The van der Waals surface area contributed by atoms with Crippen LogP contribution in [0.1, 0.15) is 22.3 Å². The quantitative estimate of drug-likeness (QED) is 0.185. The van der Waals surface area contributed by atoms with Crippen molar-refractivity contribution in [2.24, 2.45) is 0 Å². The smallest absolute Gasteiger partial charge is 0.194 e. The van der Waals surface area contributed by atoms with Gasteiger partial charge in [0.2, 0.25) is 0 Å². The molecule has 0 aliphatic rings. The van der Waals surface area contributed by atoms with Gasteiger partial charge >= 0.3 is 0 Å². The Kier molecular flexibility index (Phi) is 5.83. The van der Waals surface area contributed by atoms with Crippen LogP contribution >= 0.6 is 11.3 Å². The van der Waals surface area contributed by atoms with E-state index in [1.807, 2.05) is 23.7 Å². The molecule has 4 aromatic heterocycles. The second-order valence-corrected chi connectivity index (χ2v) is 13.0. The lowest BCUT2D eigenvalue weighted by molar-refractivity contribution is 0.484. The van der Waals surface area contributed by atoms with Gasteiger partial charge in [0.15, 0.2) is 16.6 Å². The van der Waals surface area contributed by atoms with Crippen molar-refractivity contribution in [3.8, 4) is 28.0 Å². The monoisotopic (exact) mass is 615 g/mol. The van der Waals surface area contributed by atoms with Gasteiger partial charge in [0.25, 0.3) is 0 Å². The van der Waals surface area contributed by atoms with E-state index in [0.29, 0.717) is 0 Å². The summed E-state index contributed by atoms with van der Waals surface area (Å²) in [5.41, 5.74) is 10.0. The van der Waals surface area contributed by atoms with E-state index in [9.17, 15) is 0 Å². The van der Waals surface area contributed by atoms with E-state index in [0.717, 1.165) is 71.8 Å². The van der Waals surface area contributed by atoms with E-state index < -0.39 is 0 Å². The zero-order valence-corrected chi connectivity index (χ0v) is 26.7. The summed E-state index contributed by atoms with van der Waals surface area (Å²) in [5, 5.41) is 18.2. The summed E-state index contributed by atoms with van der Waals surface area (Å²) in [6.07, 6.45) is 1.85. The minimum absolute atomic E-state index is 0.741. The molecule has 9 rings (SSSR count). The summed E-state index contributed by atoms with van der Waals surface area (Å²) >= 11 is 1.62. The van der Waals surface area contributed by atoms with Gasteiger partial charge < -0.3 is 4.74 Å². The summed E-state index contributed by atoms with van der Waals surface area (Å²) in [7, 11) is 0. The third-order valence-corrected chi connectivity index (χ3v) is 9.73. The van der Waals surface area contributed by atoms with Crippen molar-refractivity contribution in [3.63, 3.8) is 0 Å². The van der Waals surface area contributed by atoms with Gasteiger partial charge in [-0.1, -0.05) is 47.5 Å². The highest BCUT2D eigenvalue weighted by atomic mass is 32.1. The number of rotatable bonds is 4. The lowest BCUT2D eigenvalue weighted by atomic mass is 9.98. The molecule has 0 bridgehead atoms. The van der Waals surface area contributed by atoms with E-state index in [-0.39, 0.29) is 0 Å². The minimum atomic E-state index is 0.741. The van der Waals surface area contributed by atoms with E-state index in [2.05, 4.69) is 121 Å². The Labute approximate surface area is 269 Å². The number of nitrogens with zero attached hydrogens (tertiary/aromatic N) is 5. The lowest BCUT2D eigenvalue weighted by Gasteiger charge is -2.14. The highest BCUT2D eigenvalue weighted by molar-refractivity contribution is 7.12. The number of hydrogen-bond acceptors (Lipinski definition) is 5. The first-order valence-electron chi connectivity index (χ1n) is 15.3. The van der Waals surface area contributed by atoms with Gasteiger partial charge in [-0.3, -0.25) is 8.97 Å². The van der Waals surface area contributed by atoms with E-state index in [4.69, 9.17) is 14.9 Å². The molecule has 0 saturated heterocycles. The maximum atomic E-state index is 6.60. The Morgan fingerprint density at radius 1 is 0.609 bits per heavy atom. The average molecular weight is 616 g/mol. The summed E-state index contributed by atoms with van der Waals surface area (Å²) in [4.78, 5) is 4.63. The molecule has 4 heterocycles. The number of para-hydroxylation sites is 1. The van der Waals surface area contributed by atoms with Crippen LogP contribution in [0.2, 0.25) is 0 Å². The highest BCUT2D eigenvalue weighted by Gasteiger charge is 2.20. The number of aryl methyl sites for hydroxylation is 4. The fourth-order valence-electron chi connectivity index (χ4n) is 7.13. The number of aromatic nitrogens is 5. The number of hydrogen-bond donors (Lipinski definition) is 0. The third-order valence-electron chi connectivity index (χ3n) is 8.97. The normalized spacial score (nSPS) is 11.9. The van der Waals surface area contributed by atoms with Gasteiger partial charge in [-0.25, -0.2) is 4.98 Å². The molecule has 0 aliphatic heterocycles. The van der Waals surface area contributed by atoms with Gasteiger partial charge in [0, 0.05) is 44.8 Å². The van der Waals surface area contributed by atoms with Crippen LogP contribution in [-0.4, -0.2) is 24.1 Å². The van der Waals surface area contributed by atoms with Crippen LogP contribution in [0.25, 0.3) is 65.6 Å². The zero-order valence-electron chi connectivity index (χ0n) is 25.9. The number of pyridine rings is 1. The summed E-state index contributed by atoms with van der Waals surface area (Å²) in [5.74, 6) is 2.35. The SMILES string of the molecule is Cc1cc(C)c(-c2nnc3c4cc(Oc5ccc6c7ccccc7n(-c7nccs7)c6c5)ccc4c4cc(C)ccc4n23)c(C)c1. The molecule has 9 aromatic rings. The lowest BCUT2D eigenvalue weighted by Crippen LogP contribution is -1.98. The van der Waals surface area contributed by atoms with Crippen LogP contribution < -0.4 is 4.74 Å². The second-order valence-electron chi connectivity index (χ2n) is 12.1. The molecule has 0 spiro atoms. The van der Waals surface area contributed by atoms with Crippen molar-refractivity contribution in [1.82, 2.24) is 24.1 Å². The van der Waals surface area contributed by atoms with Crippen molar-refractivity contribution in [2.45, 2.75) is 27.7 Å².